The molecule has 1 fully saturated rings. The van der Waals surface area contributed by atoms with Crippen LogP contribution in [0.25, 0.3) is 0 Å². The highest BCUT2D eigenvalue weighted by Crippen LogP contribution is 2.49. The van der Waals surface area contributed by atoms with E-state index in [0.717, 1.165) is 0 Å². The first-order valence-electron chi connectivity index (χ1n) is 4.54. The van der Waals surface area contributed by atoms with Crippen molar-refractivity contribution >= 4 is 5.82 Å². The predicted octanol–water partition coefficient (Wildman–Crippen LogP) is 1.21. The summed E-state index contributed by atoms with van der Waals surface area (Å²) in [6, 6.07) is 3.95. The van der Waals surface area contributed by atoms with Gasteiger partial charge in [0.2, 0.25) is 0 Å². The average Bonchev–Trinajstić information content (AvgIpc) is 2.86. The van der Waals surface area contributed by atoms with Crippen LogP contribution in [-0.2, 0) is 5.54 Å². The first-order valence-corrected chi connectivity index (χ1v) is 4.54. The summed E-state index contributed by atoms with van der Waals surface area (Å²) in [6.07, 6.45) is 4.35. The van der Waals surface area contributed by atoms with E-state index in [4.69, 9.17) is 5.73 Å². The average molecular weight is 177 g/mol. The number of nitrogen functional groups attached to an aromatic ring is 1. The van der Waals surface area contributed by atoms with Crippen LogP contribution in [0.15, 0.2) is 18.3 Å². The molecule has 1 aromatic rings. The topological polar surface area (TPSA) is 42.1 Å². The molecule has 0 aromatic carbocycles. The molecule has 3 heteroatoms. The SMILES string of the molecule is CN(C)C1(c2ccc(N)nc2)CC1. The number of anilines is 1. The summed E-state index contributed by atoms with van der Waals surface area (Å²) in [5, 5.41) is 0. The maximum Gasteiger partial charge on any atom is 0.123 e. The van der Waals surface area contributed by atoms with Gasteiger partial charge < -0.3 is 5.73 Å². The maximum atomic E-state index is 5.54. The van der Waals surface area contributed by atoms with E-state index in [0.29, 0.717) is 5.82 Å². The van der Waals surface area contributed by atoms with Crippen molar-refractivity contribution in [2.45, 2.75) is 18.4 Å². The monoisotopic (exact) mass is 177 g/mol. The summed E-state index contributed by atoms with van der Waals surface area (Å²) in [5.74, 6) is 0.596. The second kappa shape index (κ2) is 2.70. The van der Waals surface area contributed by atoms with E-state index >= 15 is 0 Å². The number of nitrogens with two attached hydrogens (primary N) is 1. The fraction of sp³-hybridized carbons (Fsp3) is 0.500. The number of aromatic nitrogens is 1. The molecular formula is C10H15N3. The van der Waals surface area contributed by atoms with E-state index in [1.807, 2.05) is 12.3 Å². The second-order valence-electron chi connectivity index (χ2n) is 3.90. The highest BCUT2D eigenvalue weighted by molar-refractivity contribution is 5.35. The number of nitrogens with zero attached hydrogens (tertiary/aromatic N) is 2. The van der Waals surface area contributed by atoms with E-state index in [9.17, 15) is 0 Å². The zero-order valence-electron chi connectivity index (χ0n) is 8.12. The Morgan fingerprint density at radius 2 is 2.08 bits per heavy atom. The van der Waals surface area contributed by atoms with Gasteiger partial charge in [-0.25, -0.2) is 4.98 Å². The zero-order chi connectivity index (χ0) is 9.47. The van der Waals surface area contributed by atoms with E-state index in [1.54, 1.807) is 0 Å². The van der Waals surface area contributed by atoms with Gasteiger partial charge in [-0.15, -0.1) is 0 Å². The smallest absolute Gasteiger partial charge is 0.123 e. The Labute approximate surface area is 78.6 Å². The Hall–Kier alpha value is -1.09. The van der Waals surface area contributed by atoms with Crippen LogP contribution in [0.5, 0.6) is 0 Å². The molecule has 0 spiro atoms. The molecule has 3 nitrogen and oxygen atoms in total. The van der Waals surface area contributed by atoms with Crippen molar-refractivity contribution in [3.05, 3.63) is 23.9 Å². The quantitative estimate of drug-likeness (QED) is 0.738. The zero-order valence-corrected chi connectivity index (χ0v) is 8.12. The van der Waals surface area contributed by atoms with Crippen LogP contribution in [-0.4, -0.2) is 24.0 Å². The summed E-state index contributed by atoms with van der Waals surface area (Å²) in [7, 11) is 4.23. The van der Waals surface area contributed by atoms with Crippen LogP contribution in [0.1, 0.15) is 18.4 Å². The lowest BCUT2D eigenvalue weighted by atomic mass is 10.1. The van der Waals surface area contributed by atoms with Crippen molar-refractivity contribution in [2.75, 3.05) is 19.8 Å². The third kappa shape index (κ3) is 1.29. The highest BCUT2D eigenvalue weighted by atomic mass is 15.2. The van der Waals surface area contributed by atoms with Crippen LogP contribution < -0.4 is 5.73 Å². The molecule has 0 radical (unpaired) electrons. The van der Waals surface area contributed by atoms with Gasteiger partial charge >= 0.3 is 0 Å². The number of hydrogen-bond acceptors (Lipinski definition) is 3. The van der Waals surface area contributed by atoms with Crippen LogP contribution in [0.4, 0.5) is 5.82 Å². The molecule has 0 atom stereocenters. The van der Waals surface area contributed by atoms with Gasteiger partial charge in [-0.05, 0) is 38.6 Å². The van der Waals surface area contributed by atoms with Crippen LogP contribution in [0.3, 0.4) is 0 Å². The lowest BCUT2D eigenvalue weighted by Gasteiger charge is -2.23. The molecule has 0 amide bonds. The lowest BCUT2D eigenvalue weighted by Crippen LogP contribution is -2.27. The largest absolute Gasteiger partial charge is 0.384 e. The molecule has 13 heavy (non-hydrogen) atoms. The van der Waals surface area contributed by atoms with E-state index in [1.165, 1.54) is 18.4 Å². The lowest BCUT2D eigenvalue weighted by molar-refractivity contribution is 0.275. The van der Waals surface area contributed by atoms with Crippen LogP contribution in [0, 0.1) is 0 Å². The minimum atomic E-state index is 0.251. The van der Waals surface area contributed by atoms with Crippen LogP contribution >= 0.6 is 0 Å². The first-order chi connectivity index (χ1) is 6.15. The summed E-state index contributed by atoms with van der Waals surface area (Å²) in [5.41, 5.74) is 7.08. The Balaban J connectivity index is 2.31. The van der Waals surface area contributed by atoms with Gasteiger partial charge in [0.1, 0.15) is 5.82 Å². The molecule has 70 valence electrons. The minimum Gasteiger partial charge on any atom is -0.384 e. The van der Waals surface area contributed by atoms with E-state index in [-0.39, 0.29) is 5.54 Å². The van der Waals surface area contributed by atoms with Crippen molar-refractivity contribution in [1.82, 2.24) is 9.88 Å². The van der Waals surface area contributed by atoms with Crippen molar-refractivity contribution in [2.24, 2.45) is 0 Å². The van der Waals surface area contributed by atoms with Gasteiger partial charge in [-0.1, -0.05) is 6.07 Å². The van der Waals surface area contributed by atoms with Gasteiger partial charge in [-0.3, -0.25) is 4.90 Å². The van der Waals surface area contributed by atoms with E-state index < -0.39 is 0 Å². The highest BCUT2D eigenvalue weighted by Gasteiger charge is 2.46. The fourth-order valence-electron chi connectivity index (χ4n) is 1.79. The molecule has 0 saturated heterocycles. The predicted molar refractivity (Wildman–Crippen MR) is 53.2 cm³/mol. The van der Waals surface area contributed by atoms with Gasteiger partial charge in [-0.2, -0.15) is 0 Å². The number of hydrogen-bond donors (Lipinski definition) is 1. The Bertz CT molecular complexity index is 298. The van der Waals surface area contributed by atoms with E-state index in [2.05, 4.69) is 30.0 Å². The molecule has 2 N–H and O–H groups in total. The standard InChI is InChI=1S/C10H15N3/c1-13(2)10(5-6-10)8-3-4-9(11)12-7-8/h3-4,7H,5-6H2,1-2H3,(H2,11,12). The summed E-state index contributed by atoms with van der Waals surface area (Å²) in [4.78, 5) is 6.38. The molecule has 1 saturated carbocycles. The van der Waals surface area contributed by atoms with Gasteiger partial charge in [0.15, 0.2) is 0 Å². The van der Waals surface area contributed by atoms with Crippen molar-refractivity contribution in [3.8, 4) is 0 Å². The Kier molecular flexibility index (Phi) is 1.77. The normalized spacial score (nSPS) is 19.0. The molecule has 1 aliphatic rings. The molecule has 1 aromatic heterocycles. The van der Waals surface area contributed by atoms with Crippen molar-refractivity contribution in [1.29, 1.82) is 0 Å². The molecule has 0 aliphatic heterocycles. The number of rotatable bonds is 2. The molecule has 0 unspecified atom stereocenters. The van der Waals surface area contributed by atoms with Gasteiger partial charge in [0.05, 0.1) is 0 Å². The summed E-state index contributed by atoms with van der Waals surface area (Å²) >= 11 is 0. The van der Waals surface area contributed by atoms with Gasteiger partial charge in [0.25, 0.3) is 0 Å². The molecule has 0 bridgehead atoms. The van der Waals surface area contributed by atoms with Crippen LogP contribution in [0.2, 0.25) is 0 Å². The molecule has 2 rings (SSSR count). The Morgan fingerprint density at radius 1 is 1.38 bits per heavy atom. The Morgan fingerprint density at radius 3 is 2.46 bits per heavy atom. The molecular weight excluding hydrogens is 162 g/mol. The fourth-order valence-corrected chi connectivity index (χ4v) is 1.79. The number of pyridine rings is 1. The minimum absolute atomic E-state index is 0.251. The summed E-state index contributed by atoms with van der Waals surface area (Å²) in [6.45, 7) is 0. The second-order valence-corrected chi connectivity index (χ2v) is 3.90. The van der Waals surface area contributed by atoms with Crippen molar-refractivity contribution < 1.29 is 0 Å². The summed E-state index contributed by atoms with van der Waals surface area (Å²) < 4.78 is 0. The third-order valence-corrected chi connectivity index (χ3v) is 2.90. The first kappa shape index (κ1) is 8.51. The van der Waals surface area contributed by atoms with Crippen molar-refractivity contribution in [3.63, 3.8) is 0 Å². The third-order valence-electron chi connectivity index (χ3n) is 2.90. The van der Waals surface area contributed by atoms with Gasteiger partial charge in [0, 0.05) is 11.7 Å². The molecule has 1 aliphatic carbocycles. The maximum absolute atomic E-state index is 5.54. The molecule has 1 heterocycles.